The third-order valence-electron chi connectivity index (χ3n) is 8.91. The number of imidazole rings is 1. The summed E-state index contributed by atoms with van der Waals surface area (Å²) in [4.78, 5) is 30.0. The molecule has 65 heavy (non-hydrogen) atoms. The zero-order valence-corrected chi connectivity index (χ0v) is 38.8. The Hall–Kier alpha value is -5.91. The Morgan fingerprint density at radius 1 is 0.477 bits per heavy atom. The molecule has 1 aliphatic heterocycles. The summed E-state index contributed by atoms with van der Waals surface area (Å²) in [5, 5.41) is 0. The minimum absolute atomic E-state index is 0. The number of fused-ring (bicyclic) bond motifs is 4. The summed E-state index contributed by atoms with van der Waals surface area (Å²) >= 11 is 0. The quantitative estimate of drug-likeness (QED) is 0.144. The fourth-order valence-corrected chi connectivity index (χ4v) is 5.46. The van der Waals surface area contributed by atoms with Gasteiger partial charge >= 0.3 is 0 Å². The van der Waals surface area contributed by atoms with E-state index in [0.29, 0.717) is 11.4 Å². The molecule has 0 saturated heterocycles. The van der Waals surface area contributed by atoms with Crippen LogP contribution in [-0.4, -0.2) is 53.4 Å². The molecular weight excluding hydrogens is 813 g/mol. The predicted octanol–water partition coefficient (Wildman–Crippen LogP) is 14.8. The van der Waals surface area contributed by atoms with Gasteiger partial charge in [0.1, 0.15) is 28.8 Å². The largest absolute Gasteiger partial charge is 0.479 e. The highest BCUT2D eigenvalue weighted by molar-refractivity contribution is 5.82. The van der Waals surface area contributed by atoms with Gasteiger partial charge in [-0.2, -0.15) is 0 Å². The molecule has 0 amide bonds. The second-order valence-corrected chi connectivity index (χ2v) is 20.1. The van der Waals surface area contributed by atoms with Crippen molar-refractivity contribution in [3.8, 4) is 0 Å². The van der Waals surface area contributed by atoms with E-state index in [1.165, 1.54) is 0 Å². The van der Waals surface area contributed by atoms with Crippen molar-refractivity contribution in [2.45, 2.75) is 155 Å². The maximum atomic E-state index is 5.62. The van der Waals surface area contributed by atoms with Crippen molar-refractivity contribution < 1.29 is 18.0 Å². The van der Waals surface area contributed by atoms with E-state index < -0.39 is 0 Å². The molecule has 0 atom stereocenters. The first-order valence-corrected chi connectivity index (χ1v) is 20.8. The Labute approximate surface area is 389 Å². The monoisotopic (exact) mass is 893 g/mol. The van der Waals surface area contributed by atoms with Crippen LogP contribution in [-0.2, 0) is 26.4 Å². The summed E-state index contributed by atoms with van der Waals surface area (Å²) in [5.74, 6) is 3.18. The predicted molar refractivity (Wildman–Crippen MR) is 272 cm³/mol. The van der Waals surface area contributed by atoms with Gasteiger partial charge in [0.15, 0.2) is 11.5 Å². The van der Waals surface area contributed by atoms with E-state index in [0.717, 1.165) is 70.2 Å². The summed E-state index contributed by atoms with van der Waals surface area (Å²) in [5.41, 5.74) is 6.97. The Morgan fingerprint density at radius 3 is 1.34 bits per heavy atom. The zero-order valence-electron chi connectivity index (χ0n) is 38.8. The number of rotatable bonds is 0. The van der Waals surface area contributed by atoms with E-state index >= 15 is 0 Å². The first-order chi connectivity index (χ1) is 28.4. The standard InChI is InChI=1S/C11H14N2.C11H13NO.2C10H12N2O.C7H13NO.4CH4/c1-11(2,3)9-8-13-7-5-4-6-10(13)12-9;1-11(2,3)10-12-8-6-4-5-7-9(8)13-10;2*1-10(2,3)9-12-7-5-4-6-11-8(7)13-9;1-7(2,3)6-8-4-5-9-6;;;;/h4-8H,1-3H3;4-7H,1-3H3;2*4-6H,1-3H3;4-5H2,1-3H3;4*1H4. The maximum Gasteiger partial charge on any atom is 0.246 e. The van der Waals surface area contributed by atoms with Crippen molar-refractivity contribution in [3.63, 3.8) is 0 Å². The number of para-hydroxylation sites is 2. The first kappa shape index (κ1) is 57.1. The minimum Gasteiger partial charge on any atom is -0.479 e. The fourth-order valence-electron chi connectivity index (χ4n) is 5.46. The summed E-state index contributed by atoms with van der Waals surface area (Å²) in [7, 11) is 0. The van der Waals surface area contributed by atoms with Gasteiger partial charge in [-0.15, -0.1) is 0 Å². The van der Waals surface area contributed by atoms with Crippen LogP contribution < -0.4 is 0 Å². The molecule has 356 valence electrons. The molecule has 1 aliphatic rings. The lowest BCUT2D eigenvalue weighted by Crippen LogP contribution is -2.20. The summed E-state index contributed by atoms with van der Waals surface area (Å²) in [6.07, 6.45) is 7.53. The van der Waals surface area contributed by atoms with Crippen LogP contribution in [0, 0.1) is 5.41 Å². The highest BCUT2D eigenvalue weighted by Gasteiger charge is 2.24. The number of aromatic nitrogens is 7. The van der Waals surface area contributed by atoms with Crippen LogP contribution in [0.5, 0.6) is 0 Å². The second-order valence-electron chi connectivity index (χ2n) is 20.1. The molecular formula is C53H80N8O4. The molecule has 0 aliphatic carbocycles. The van der Waals surface area contributed by atoms with Crippen LogP contribution in [0.4, 0.5) is 0 Å². The lowest BCUT2D eigenvalue weighted by atomic mass is 9.93. The molecule has 0 fully saturated rings. The minimum atomic E-state index is -0.0549. The van der Waals surface area contributed by atoms with Gasteiger partial charge in [-0.1, -0.05) is 152 Å². The van der Waals surface area contributed by atoms with Crippen LogP contribution in [0.1, 0.15) is 157 Å². The summed E-state index contributed by atoms with van der Waals surface area (Å²) in [6.45, 7) is 33.1. The van der Waals surface area contributed by atoms with Gasteiger partial charge in [-0.05, 0) is 48.5 Å². The van der Waals surface area contributed by atoms with Crippen molar-refractivity contribution in [3.05, 3.63) is 115 Å². The molecule has 0 bridgehead atoms. The molecule has 9 rings (SSSR count). The Balaban J connectivity index is 0.000000402. The summed E-state index contributed by atoms with van der Waals surface area (Å²) in [6, 6.07) is 21.4. The molecule has 0 N–H and O–H groups in total. The molecule has 0 saturated carbocycles. The van der Waals surface area contributed by atoms with Crippen molar-refractivity contribution >= 4 is 45.1 Å². The zero-order chi connectivity index (χ0) is 44.8. The highest BCUT2D eigenvalue weighted by Crippen LogP contribution is 2.27. The van der Waals surface area contributed by atoms with Gasteiger partial charge in [-0.3, -0.25) is 4.99 Å². The maximum absolute atomic E-state index is 5.62. The average Bonchev–Trinajstić information content (AvgIpc) is 4.02. The van der Waals surface area contributed by atoms with Gasteiger partial charge in [0.2, 0.25) is 29.1 Å². The second kappa shape index (κ2) is 22.8. The number of aliphatic imine (C=N–C) groups is 1. The van der Waals surface area contributed by atoms with Gasteiger partial charge in [0.05, 0.1) is 12.2 Å². The number of hydrogen-bond donors (Lipinski definition) is 0. The molecule has 12 heteroatoms. The number of ether oxygens (including phenoxy) is 1. The average molecular weight is 893 g/mol. The molecule has 0 unspecified atom stereocenters. The van der Waals surface area contributed by atoms with Gasteiger partial charge in [0, 0.05) is 51.9 Å². The van der Waals surface area contributed by atoms with E-state index in [4.69, 9.17) is 18.0 Å². The van der Waals surface area contributed by atoms with Gasteiger partial charge < -0.3 is 22.4 Å². The van der Waals surface area contributed by atoms with E-state index in [9.17, 15) is 0 Å². The molecule has 8 heterocycles. The van der Waals surface area contributed by atoms with Crippen LogP contribution in [0.3, 0.4) is 0 Å². The van der Waals surface area contributed by atoms with Crippen molar-refractivity contribution in [1.29, 1.82) is 0 Å². The van der Waals surface area contributed by atoms with Crippen LogP contribution in [0.15, 0.2) is 110 Å². The normalized spacial score (nSPS) is 12.4. The van der Waals surface area contributed by atoms with Crippen molar-refractivity contribution in [2.24, 2.45) is 10.4 Å². The third-order valence-corrected chi connectivity index (χ3v) is 8.91. The molecule has 7 aromatic heterocycles. The summed E-state index contributed by atoms with van der Waals surface area (Å²) < 4.78 is 24.0. The SMILES string of the molecule is C.C.C.C.CC(C)(C)C1=NCCO1.CC(C)(C)c1cn2ccccc2n1.CC(C)(C)c1nc2ccccc2o1.CC(C)(C)c1nc2cccnc2o1.CC(C)(C)c1nc2cccnc2o1. The molecule has 0 radical (unpaired) electrons. The third kappa shape index (κ3) is 15.9. The molecule has 1 aromatic carbocycles. The highest BCUT2D eigenvalue weighted by atomic mass is 16.5. The Bertz CT molecular complexity index is 2200. The van der Waals surface area contributed by atoms with Crippen molar-refractivity contribution in [1.82, 2.24) is 34.3 Å². The number of nitrogens with zero attached hydrogens (tertiary/aromatic N) is 8. The van der Waals surface area contributed by atoms with Crippen molar-refractivity contribution in [2.75, 3.05) is 13.2 Å². The molecule has 12 nitrogen and oxygen atoms in total. The molecule has 0 spiro atoms. The lowest BCUT2D eigenvalue weighted by molar-refractivity contribution is 0.302. The van der Waals surface area contributed by atoms with E-state index in [1.807, 2.05) is 72.9 Å². The topological polar surface area (TPSA) is 143 Å². The Morgan fingerprint density at radius 2 is 0.938 bits per heavy atom. The van der Waals surface area contributed by atoms with E-state index in [2.05, 4.69) is 149 Å². The van der Waals surface area contributed by atoms with Gasteiger partial charge in [0.25, 0.3) is 0 Å². The first-order valence-electron chi connectivity index (χ1n) is 20.8. The number of hydrogen-bond acceptors (Lipinski definition) is 11. The van der Waals surface area contributed by atoms with E-state index in [-0.39, 0.29) is 56.8 Å². The van der Waals surface area contributed by atoms with Gasteiger partial charge in [-0.25, -0.2) is 29.9 Å². The smallest absolute Gasteiger partial charge is 0.246 e. The molecule has 8 aromatic rings. The fraction of sp³-hybridized carbons (Fsp3) is 0.491. The van der Waals surface area contributed by atoms with Crippen LogP contribution >= 0.6 is 0 Å². The van der Waals surface area contributed by atoms with Crippen LogP contribution in [0.2, 0.25) is 0 Å². The number of pyridine rings is 3. The van der Waals surface area contributed by atoms with E-state index in [1.54, 1.807) is 12.4 Å². The Kier molecular flexibility index (Phi) is 20.0. The number of benzene rings is 1. The number of oxazole rings is 3. The lowest BCUT2D eigenvalue weighted by Gasteiger charge is -2.16. The van der Waals surface area contributed by atoms with Crippen LogP contribution in [0.25, 0.3) is 39.2 Å².